The summed E-state index contributed by atoms with van der Waals surface area (Å²) in [4.78, 5) is 2.59. The predicted molar refractivity (Wildman–Crippen MR) is 80.6 cm³/mol. The molecule has 0 spiro atoms. The van der Waals surface area contributed by atoms with Gasteiger partial charge in [-0.15, -0.1) is 0 Å². The van der Waals surface area contributed by atoms with E-state index in [2.05, 4.69) is 11.8 Å². The molecule has 2 nitrogen and oxygen atoms in total. The predicted octanol–water partition coefficient (Wildman–Crippen LogP) is 3.08. The van der Waals surface area contributed by atoms with Gasteiger partial charge in [-0.3, -0.25) is 4.90 Å². The fraction of sp³-hybridized carbons (Fsp3) is 0.533. The van der Waals surface area contributed by atoms with Gasteiger partial charge in [0.25, 0.3) is 0 Å². The van der Waals surface area contributed by atoms with Crippen molar-refractivity contribution in [1.29, 1.82) is 0 Å². The number of hydrogen-bond donors (Lipinski definition) is 1. The van der Waals surface area contributed by atoms with Gasteiger partial charge >= 0.3 is 0 Å². The number of thiocarbonyl (C=S) groups is 1. The van der Waals surface area contributed by atoms with Crippen LogP contribution in [0.1, 0.15) is 37.3 Å². The highest BCUT2D eigenvalue weighted by molar-refractivity contribution is 7.80. The van der Waals surface area contributed by atoms with Crippen molar-refractivity contribution in [1.82, 2.24) is 4.90 Å². The standard InChI is InChI=1S/C15H21FN2S/c1-2-7-18(9-11-3-4-11)10-13-6-5-12(15(17)19)8-14(13)16/h5-6,8,11H,2-4,7,9-10H2,1H3,(H2,17,19). The number of hydrogen-bond acceptors (Lipinski definition) is 2. The van der Waals surface area contributed by atoms with Crippen molar-refractivity contribution in [2.45, 2.75) is 32.7 Å². The summed E-state index contributed by atoms with van der Waals surface area (Å²) in [6.07, 6.45) is 3.74. The van der Waals surface area contributed by atoms with Crippen molar-refractivity contribution in [3.05, 3.63) is 35.1 Å². The molecular formula is C15H21FN2S. The summed E-state index contributed by atoms with van der Waals surface area (Å²) in [5.41, 5.74) is 6.84. The van der Waals surface area contributed by atoms with Crippen molar-refractivity contribution < 1.29 is 4.39 Å². The Morgan fingerprint density at radius 1 is 1.47 bits per heavy atom. The summed E-state index contributed by atoms with van der Waals surface area (Å²) in [6.45, 7) is 4.94. The Balaban J connectivity index is 2.04. The third-order valence-corrected chi connectivity index (χ3v) is 3.72. The Labute approximate surface area is 119 Å². The first-order chi connectivity index (χ1) is 9.10. The number of halogens is 1. The summed E-state index contributed by atoms with van der Waals surface area (Å²) in [5, 5.41) is 0. The molecule has 2 rings (SSSR count). The summed E-state index contributed by atoms with van der Waals surface area (Å²) in [5.74, 6) is 0.618. The molecule has 0 amide bonds. The first-order valence-electron chi connectivity index (χ1n) is 6.90. The largest absolute Gasteiger partial charge is 0.389 e. The third-order valence-electron chi connectivity index (χ3n) is 3.48. The molecule has 0 atom stereocenters. The molecule has 0 unspecified atom stereocenters. The van der Waals surface area contributed by atoms with Crippen LogP contribution in [-0.2, 0) is 6.54 Å². The summed E-state index contributed by atoms with van der Waals surface area (Å²) in [6, 6.07) is 5.06. The number of rotatable bonds is 7. The van der Waals surface area contributed by atoms with Crippen LogP contribution < -0.4 is 5.73 Å². The molecule has 0 saturated heterocycles. The van der Waals surface area contributed by atoms with E-state index in [9.17, 15) is 4.39 Å². The maximum atomic E-state index is 14.0. The molecule has 1 aromatic rings. The van der Waals surface area contributed by atoms with E-state index in [0.717, 1.165) is 31.0 Å². The fourth-order valence-electron chi connectivity index (χ4n) is 2.29. The van der Waals surface area contributed by atoms with Gasteiger partial charge in [-0.2, -0.15) is 0 Å². The van der Waals surface area contributed by atoms with Crippen LogP contribution in [0.2, 0.25) is 0 Å². The van der Waals surface area contributed by atoms with Gasteiger partial charge in [0.1, 0.15) is 10.8 Å². The van der Waals surface area contributed by atoms with E-state index in [0.29, 0.717) is 12.1 Å². The molecule has 0 radical (unpaired) electrons. The van der Waals surface area contributed by atoms with Crippen LogP contribution in [0.15, 0.2) is 18.2 Å². The van der Waals surface area contributed by atoms with Crippen LogP contribution in [0, 0.1) is 11.7 Å². The lowest BCUT2D eigenvalue weighted by Gasteiger charge is -2.22. The minimum Gasteiger partial charge on any atom is -0.389 e. The van der Waals surface area contributed by atoms with Crippen LogP contribution in [0.5, 0.6) is 0 Å². The highest BCUT2D eigenvalue weighted by atomic mass is 32.1. The van der Waals surface area contributed by atoms with Gasteiger partial charge in [0.05, 0.1) is 0 Å². The van der Waals surface area contributed by atoms with Crippen LogP contribution in [-0.4, -0.2) is 23.0 Å². The van der Waals surface area contributed by atoms with E-state index in [1.807, 2.05) is 6.07 Å². The van der Waals surface area contributed by atoms with Crippen molar-refractivity contribution in [2.24, 2.45) is 11.7 Å². The molecule has 0 aliphatic heterocycles. The van der Waals surface area contributed by atoms with Crippen molar-refractivity contribution in [3.8, 4) is 0 Å². The second kappa shape index (κ2) is 6.44. The third kappa shape index (κ3) is 4.25. The van der Waals surface area contributed by atoms with E-state index in [1.165, 1.54) is 18.9 Å². The minimum atomic E-state index is -0.206. The highest BCUT2D eigenvalue weighted by Crippen LogP contribution is 2.30. The Hall–Kier alpha value is -1.00. The summed E-state index contributed by atoms with van der Waals surface area (Å²) in [7, 11) is 0. The van der Waals surface area contributed by atoms with Gasteiger partial charge in [-0.05, 0) is 37.8 Å². The molecule has 1 aliphatic carbocycles. The van der Waals surface area contributed by atoms with Crippen molar-refractivity contribution in [3.63, 3.8) is 0 Å². The lowest BCUT2D eigenvalue weighted by molar-refractivity contribution is 0.251. The average molecular weight is 280 g/mol. The number of nitrogens with zero attached hydrogens (tertiary/aromatic N) is 1. The molecule has 0 aromatic heterocycles. The van der Waals surface area contributed by atoms with Crippen molar-refractivity contribution in [2.75, 3.05) is 13.1 Å². The molecule has 104 valence electrons. The quantitative estimate of drug-likeness (QED) is 0.778. The van der Waals surface area contributed by atoms with Crippen LogP contribution in [0.3, 0.4) is 0 Å². The average Bonchev–Trinajstić information content (AvgIpc) is 3.15. The Morgan fingerprint density at radius 2 is 2.21 bits per heavy atom. The Kier molecular flexibility index (Phi) is 4.88. The maximum Gasteiger partial charge on any atom is 0.128 e. The smallest absolute Gasteiger partial charge is 0.128 e. The van der Waals surface area contributed by atoms with Gasteiger partial charge in [-0.25, -0.2) is 4.39 Å². The minimum absolute atomic E-state index is 0.206. The molecule has 19 heavy (non-hydrogen) atoms. The molecule has 0 bridgehead atoms. The van der Waals surface area contributed by atoms with Gasteiger partial charge in [-0.1, -0.05) is 31.3 Å². The van der Waals surface area contributed by atoms with Gasteiger partial charge in [0.15, 0.2) is 0 Å². The number of benzene rings is 1. The summed E-state index contributed by atoms with van der Waals surface area (Å²) < 4.78 is 14.0. The fourth-order valence-corrected chi connectivity index (χ4v) is 2.41. The highest BCUT2D eigenvalue weighted by Gasteiger charge is 2.24. The molecular weight excluding hydrogens is 259 g/mol. The van der Waals surface area contributed by atoms with Gasteiger partial charge in [0.2, 0.25) is 0 Å². The van der Waals surface area contributed by atoms with Gasteiger partial charge in [0, 0.05) is 24.2 Å². The second-order valence-corrected chi connectivity index (χ2v) is 5.79. The molecule has 2 N–H and O–H groups in total. The maximum absolute atomic E-state index is 14.0. The lowest BCUT2D eigenvalue weighted by atomic mass is 10.1. The second-order valence-electron chi connectivity index (χ2n) is 5.35. The lowest BCUT2D eigenvalue weighted by Crippen LogP contribution is -2.27. The van der Waals surface area contributed by atoms with E-state index in [4.69, 9.17) is 18.0 Å². The monoisotopic (exact) mass is 280 g/mol. The van der Waals surface area contributed by atoms with E-state index in [-0.39, 0.29) is 10.8 Å². The van der Waals surface area contributed by atoms with Crippen LogP contribution >= 0.6 is 12.2 Å². The molecule has 4 heteroatoms. The molecule has 1 aliphatic rings. The van der Waals surface area contributed by atoms with Crippen LogP contribution in [0.4, 0.5) is 4.39 Å². The zero-order valence-corrected chi connectivity index (χ0v) is 12.2. The molecule has 1 saturated carbocycles. The summed E-state index contributed by atoms with van der Waals surface area (Å²) >= 11 is 4.86. The zero-order chi connectivity index (χ0) is 13.8. The Morgan fingerprint density at radius 3 is 2.74 bits per heavy atom. The first kappa shape index (κ1) is 14.4. The van der Waals surface area contributed by atoms with Gasteiger partial charge < -0.3 is 5.73 Å². The topological polar surface area (TPSA) is 29.3 Å². The SMILES string of the molecule is CCCN(Cc1ccc(C(N)=S)cc1F)CC1CC1. The van der Waals surface area contributed by atoms with E-state index < -0.39 is 0 Å². The normalized spacial score (nSPS) is 14.9. The zero-order valence-electron chi connectivity index (χ0n) is 11.4. The van der Waals surface area contributed by atoms with Crippen molar-refractivity contribution >= 4 is 17.2 Å². The molecule has 1 fully saturated rings. The van der Waals surface area contributed by atoms with E-state index >= 15 is 0 Å². The number of nitrogens with two attached hydrogens (primary N) is 1. The van der Waals surface area contributed by atoms with E-state index in [1.54, 1.807) is 6.07 Å². The molecule has 0 heterocycles. The Bertz CT molecular complexity index is 457. The molecule has 1 aromatic carbocycles. The van der Waals surface area contributed by atoms with Crippen LogP contribution in [0.25, 0.3) is 0 Å². The first-order valence-corrected chi connectivity index (χ1v) is 7.31.